The van der Waals surface area contributed by atoms with Gasteiger partial charge in [0.05, 0.1) is 0 Å². The Kier molecular flexibility index (Phi) is 8.65. The van der Waals surface area contributed by atoms with Crippen LogP contribution in [0.5, 0.6) is 5.75 Å². The zero-order valence-electron chi connectivity index (χ0n) is 18.6. The van der Waals surface area contributed by atoms with E-state index < -0.39 is 5.82 Å². The van der Waals surface area contributed by atoms with Crippen LogP contribution >= 0.6 is 24.8 Å². The second kappa shape index (κ2) is 11.4. The number of carbonyl (C=O) groups excluding carboxylic acids is 1. The predicted molar refractivity (Wildman–Crippen MR) is 133 cm³/mol. The number of fused-ring (bicyclic) bond motifs is 1. The van der Waals surface area contributed by atoms with E-state index >= 15 is 0 Å². The number of likely N-dealkylation sites (N-methyl/N-ethyl adjacent to an activating group) is 1. The molecule has 10 heteroatoms. The minimum atomic E-state index is -0.393. The van der Waals surface area contributed by atoms with E-state index in [4.69, 9.17) is 4.74 Å². The van der Waals surface area contributed by atoms with E-state index in [0.29, 0.717) is 35.8 Å². The molecular weight excluding hydrogens is 461 g/mol. The number of carbonyl (C=O) groups is 1. The first kappa shape index (κ1) is 24.9. The van der Waals surface area contributed by atoms with Crippen LogP contribution in [-0.2, 0) is 6.54 Å². The van der Waals surface area contributed by atoms with Gasteiger partial charge in [-0.3, -0.25) is 4.79 Å². The van der Waals surface area contributed by atoms with Crippen molar-refractivity contribution in [2.75, 3.05) is 38.6 Å². The van der Waals surface area contributed by atoms with Gasteiger partial charge in [0.1, 0.15) is 35.4 Å². The number of amides is 1. The lowest BCUT2D eigenvalue weighted by Gasteiger charge is -2.22. The highest BCUT2D eigenvalue weighted by molar-refractivity contribution is 7.59. The molecule has 0 unspecified atom stereocenters. The lowest BCUT2D eigenvalue weighted by Crippen LogP contribution is -2.33. The van der Waals surface area contributed by atoms with E-state index in [-0.39, 0.29) is 32.1 Å². The van der Waals surface area contributed by atoms with Crippen LogP contribution < -0.4 is 15.0 Å². The molecule has 0 saturated heterocycles. The van der Waals surface area contributed by atoms with Crippen LogP contribution in [0.4, 0.5) is 10.2 Å². The number of ether oxygens (including phenoxy) is 1. The van der Waals surface area contributed by atoms with E-state index in [2.05, 4.69) is 15.3 Å². The van der Waals surface area contributed by atoms with Crippen LogP contribution in [0.1, 0.15) is 33.3 Å². The Morgan fingerprint density at radius 1 is 1.30 bits per heavy atom. The van der Waals surface area contributed by atoms with Gasteiger partial charge < -0.3 is 19.9 Å². The number of nitrogens with one attached hydrogen (secondary N) is 1. The highest BCUT2D eigenvalue weighted by atomic mass is 32.1. The lowest BCUT2D eigenvalue weighted by molar-refractivity contribution is 0.0753. The average molecular weight is 490 g/mol. The molecule has 1 aliphatic rings. The first-order chi connectivity index (χ1) is 15.6. The van der Waals surface area contributed by atoms with Gasteiger partial charge in [0.15, 0.2) is 0 Å². The van der Waals surface area contributed by atoms with Crippen LogP contribution in [-0.4, -0.2) is 54.5 Å². The summed E-state index contributed by atoms with van der Waals surface area (Å²) in [6.07, 6.45) is 3.57. The van der Waals surface area contributed by atoms with Gasteiger partial charge in [-0.25, -0.2) is 14.4 Å². The Labute approximate surface area is 204 Å². The molecule has 0 spiro atoms. The van der Waals surface area contributed by atoms with Gasteiger partial charge in [-0.15, -0.1) is 11.3 Å². The fraction of sp³-hybridized carbons (Fsp3) is 0.348. The zero-order valence-corrected chi connectivity index (χ0v) is 20.4. The predicted octanol–water partition coefficient (Wildman–Crippen LogP) is 3.61. The van der Waals surface area contributed by atoms with Crippen molar-refractivity contribution in [2.24, 2.45) is 0 Å². The molecule has 3 heterocycles. The number of thiophene rings is 1. The van der Waals surface area contributed by atoms with Crippen molar-refractivity contribution in [2.45, 2.75) is 19.1 Å². The Bertz CT molecular complexity index is 1070. The number of anilines is 1. The third kappa shape index (κ3) is 5.82. The minimum Gasteiger partial charge on any atom is -0.485 e. The maximum Gasteiger partial charge on any atom is 0.259 e. The van der Waals surface area contributed by atoms with Crippen LogP contribution in [0.15, 0.2) is 48.2 Å². The van der Waals surface area contributed by atoms with Crippen molar-refractivity contribution in [3.05, 3.63) is 70.1 Å². The second-order valence-corrected chi connectivity index (χ2v) is 8.65. The van der Waals surface area contributed by atoms with E-state index in [1.165, 1.54) is 18.6 Å². The molecule has 3 aromatic rings. The van der Waals surface area contributed by atoms with Crippen molar-refractivity contribution in [3.63, 3.8) is 0 Å². The normalized spacial score (nSPS) is 14.3. The summed E-state index contributed by atoms with van der Waals surface area (Å²) < 4.78 is 21.1. The Balaban J connectivity index is 0.00000306. The first-order valence-electron chi connectivity index (χ1n) is 10.5. The molecule has 7 nitrogen and oxygen atoms in total. The molecule has 4 rings (SSSR count). The smallest absolute Gasteiger partial charge is 0.259 e. The lowest BCUT2D eigenvalue weighted by atomic mass is 10.1. The van der Waals surface area contributed by atoms with E-state index in [1.54, 1.807) is 28.4 Å². The highest BCUT2D eigenvalue weighted by Crippen LogP contribution is 2.29. The van der Waals surface area contributed by atoms with Gasteiger partial charge >= 0.3 is 0 Å². The van der Waals surface area contributed by atoms with Gasteiger partial charge in [-0.2, -0.15) is 13.5 Å². The van der Waals surface area contributed by atoms with Crippen molar-refractivity contribution in [3.8, 4) is 5.75 Å². The summed E-state index contributed by atoms with van der Waals surface area (Å²) in [5, 5.41) is 5.14. The van der Waals surface area contributed by atoms with Crippen molar-refractivity contribution in [1.29, 1.82) is 0 Å². The van der Waals surface area contributed by atoms with Crippen molar-refractivity contribution in [1.82, 2.24) is 20.2 Å². The van der Waals surface area contributed by atoms with Crippen LogP contribution in [0.2, 0.25) is 0 Å². The van der Waals surface area contributed by atoms with Gasteiger partial charge in [0.2, 0.25) is 0 Å². The molecule has 1 N–H and O–H groups in total. The molecule has 0 aliphatic carbocycles. The van der Waals surface area contributed by atoms with Crippen molar-refractivity contribution < 1.29 is 13.9 Å². The largest absolute Gasteiger partial charge is 0.485 e. The van der Waals surface area contributed by atoms with Gasteiger partial charge in [-0.05, 0) is 31.1 Å². The third-order valence-corrected chi connectivity index (χ3v) is 6.42. The summed E-state index contributed by atoms with van der Waals surface area (Å²) >= 11 is 1.62. The summed E-state index contributed by atoms with van der Waals surface area (Å²) in [5.74, 6) is 0.477. The summed E-state index contributed by atoms with van der Waals surface area (Å²) in [6, 6.07) is 8.88. The van der Waals surface area contributed by atoms with Crippen LogP contribution in [0, 0.1) is 5.82 Å². The summed E-state index contributed by atoms with van der Waals surface area (Å²) in [5.41, 5.74) is 0.868. The monoisotopic (exact) mass is 489 g/mol. The number of halogens is 1. The maximum absolute atomic E-state index is 15.0. The highest BCUT2D eigenvalue weighted by Gasteiger charge is 2.27. The summed E-state index contributed by atoms with van der Waals surface area (Å²) in [7, 11) is 3.78. The standard InChI is InChI=1S/C23H26FN5O2S.H2S/c1-25-8-7-20(21-4-3-11-32-21)31-17-6-5-16(19(24)12-17)14-29-10-9-28(2)22-18(23(29)30)13-26-15-27-22;/h3-6,11-13,15,20,25H,7-10,14H2,1-2H3;1H2/t20-;/m0./s1. The quantitative estimate of drug-likeness (QED) is 0.521. The fourth-order valence-corrected chi connectivity index (χ4v) is 4.48. The molecule has 0 saturated carbocycles. The molecule has 1 amide bonds. The first-order valence-corrected chi connectivity index (χ1v) is 11.4. The number of hydrogen-bond donors (Lipinski definition) is 1. The molecule has 1 aromatic carbocycles. The Morgan fingerprint density at radius 3 is 2.88 bits per heavy atom. The molecule has 2 aromatic heterocycles. The third-order valence-electron chi connectivity index (χ3n) is 5.46. The van der Waals surface area contributed by atoms with Gasteiger partial charge in [0.25, 0.3) is 5.91 Å². The molecule has 1 aliphatic heterocycles. The van der Waals surface area contributed by atoms with Crippen LogP contribution in [0.3, 0.4) is 0 Å². The molecule has 0 radical (unpaired) electrons. The molecule has 1 atom stereocenters. The van der Waals surface area contributed by atoms with E-state index in [1.807, 2.05) is 36.5 Å². The van der Waals surface area contributed by atoms with Gasteiger partial charge in [0, 0.05) is 55.8 Å². The number of hydrogen-bond acceptors (Lipinski definition) is 7. The molecule has 0 bridgehead atoms. The molecular formula is C23H28FN5O2S2. The number of rotatable bonds is 8. The average Bonchev–Trinajstić information content (AvgIpc) is 3.31. The summed E-state index contributed by atoms with van der Waals surface area (Å²) in [4.78, 5) is 25.9. The molecule has 33 heavy (non-hydrogen) atoms. The summed E-state index contributed by atoms with van der Waals surface area (Å²) in [6.45, 7) is 2.03. The molecule has 0 fully saturated rings. The molecule has 176 valence electrons. The van der Waals surface area contributed by atoms with Crippen molar-refractivity contribution >= 4 is 36.6 Å². The number of nitrogens with zero attached hydrogens (tertiary/aromatic N) is 4. The number of aromatic nitrogens is 2. The Morgan fingerprint density at radius 2 is 2.15 bits per heavy atom. The van der Waals surface area contributed by atoms with E-state index in [0.717, 1.165) is 17.8 Å². The van der Waals surface area contributed by atoms with Gasteiger partial charge in [-0.1, -0.05) is 12.1 Å². The second-order valence-electron chi connectivity index (χ2n) is 7.68. The fourth-order valence-electron chi connectivity index (χ4n) is 3.69. The minimum absolute atomic E-state index is 0. The topological polar surface area (TPSA) is 70.6 Å². The van der Waals surface area contributed by atoms with E-state index in [9.17, 15) is 9.18 Å². The maximum atomic E-state index is 15.0. The number of benzene rings is 1. The van der Waals surface area contributed by atoms with Crippen LogP contribution in [0.25, 0.3) is 0 Å². The zero-order chi connectivity index (χ0) is 22.5. The Hall–Kier alpha value is -2.69. The SMILES string of the molecule is CNCC[C@H](Oc1ccc(CN2CCN(C)c3ncncc3C2=O)c(F)c1)c1cccs1.S.